The van der Waals surface area contributed by atoms with E-state index in [4.69, 9.17) is 0 Å². The van der Waals surface area contributed by atoms with Crippen LogP contribution >= 0.6 is 11.3 Å². The predicted molar refractivity (Wildman–Crippen MR) is 64.8 cm³/mol. The average molecular weight is 282 g/mol. The number of rotatable bonds is 7. The molecule has 0 saturated heterocycles. The van der Waals surface area contributed by atoms with Gasteiger partial charge in [-0.3, -0.25) is 0 Å². The van der Waals surface area contributed by atoms with Gasteiger partial charge in [-0.1, -0.05) is 6.92 Å². The van der Waals surface area contributed by atoms with Gasteiger partial charge in [0.1, 0.15) is 6.61 Å². The number of hydrogen-bond acceptors (Lipinski definition) is 4. The standard InChI is InChI=1S/C11H17F3N2OS/c1-3-15-8(2)9-6-18-10(16-9)4-5-17-7-11(12,13)14/h6,8,15H,3-5,7H2,1-2H3. The molecule has 18 heavy (non-hydrogen) atoms. The molecule has 0 aliphatic heterocycles. The van der Waals surface area contributed by atoms with E-state index in [1.807, 2.05) is 19.2 Å². The molecule has 1 atom stereocenters. The summed E-state index contributed by atoms with van der Waals surface area (Å²) in [5.74, 6) is 0. The summed E-state index contributed by atoms with van der Waals surface area (Å²) in [6.45, 7) is 3.71. The fourth-order valence-corrected chi connectivity index (χ4v) is 2.27. The summed E-state index contributed by atoms with van der Waals surface area (Å²) in [6, 6.07) is 0.163. The first-order valence-corrected chi connectivity index (χ1v) is 6.62. The maximum atomic E-state index is 11.8. The van der Waals surface area contributed by atoms with Crippen LogP contribution < -0.4 is 5.32 Å². The highest BCUT2D eigenvalue weighted by Crippen LogP contribution is 2.18. The number of hydrogen-bond donors (Lipinski definition) is 1. The molecule has 0 radical (unpaired) electrons. The van der Waals surface area contributed by atoms with Gasteiger partial charge < -0.3 is 10.1 Å². The van der Waals surface area contributed by atoms with Crippen molar-refractivity contribution in [3.05, 3.63) is 16.1 Å². The van der Waals surface area contributed by atoms with Gasteiger partial charge >= 0.3 is 6.18 Å². The van der Waals surface area contributed by atoms with Crippen molar-refractivity contribution in [2.24, 2.45) is 0 Å². The number of nitrogens with zero attached hydrogens (tertiary/aromatic N) is 1. The minimum absolute atomic E-state index is 0.0437. The van der Waals surface area contributed by atoms with E-state index >= 15 is 0 Å². The SMILES string of the molecule is CCNC(C)c1csc(CCOCC(F)(F)F)n1. The first-order chi connectivity index (χ1) is 8.42. The number of aromatic nitrogens is 1. The second kappa shape index (κ2) is 7.06. The van der Waals surface area contributed by atoms with Gasteiger partial charge in [0.05, 0.1) is 17.3 Å². The van der Waals surface area contributed by atoms with Crippen molar-refractivity contribution in [2.75, 3.05) is 19.8 Å². The Labute approximate surface area is 108 Å². The van der Waals surface area contributed by atoms with Gasteiger partial charge in [0.25, 0.3) is 0 Å². The lowest BCUT2D eigenvalue weighted by molar-refractivity contribution is -0.173. The lowest BCUT2D eigenvalue weighted by atomic mass is 10.2. The molecule has 0 aromatic carbocycles. The molecule has 1 heterocycles. The molecule has 0 aliphatic carbocycles. The monoisotopic (exact) mass is 282 g/mol. The van der Waals surface area contributed by atoms with Crippen molar-refractivity contribution < 1.29 is 17.9 Å². The molecule has 1 aromatic heterocycles. The number of nitrogens with one attached hydrogen (secondary N) is 1. The van der Waals surface area contributed by atoms with Crippen molar-refractivity contribution in [1.82, 2.24) is 10.3 Å². The fraction of sp³-hybridized carbons (Fsp3) is 0.727. The van der Waals surface area contributed by atoms with Gasteiger partial charge in [-0.25, -0.2) is 4.98 Å². The van der Waals surface area contributed by atoms with Crippen molar-refractivity contribution in [3.8, 4) is 0 Å². The molecule has 1 N–H and O–H groups in total. The Hall–Kier alpha value is -0.660. The largest absolute Gasteiger partial charge is 0.411 e. The number of halogens is 3. The summed E-state index contributed by atoms with van der Waals surface area (Å²) in [5.41, 5.74) is 0.924. The zero-order valence-corrected chi connectivity index (χ0v) is 11.2. The smallest absolute Gasteiger partial charge is 0.372 e. The fourth-order valence-electron chi connectivity index (χ4n) is 1.40. The zero-order valence-electron chi connectivity index (χ0n) is 10.4. The summed E-state index contributed by atoms with van der Waals surface area (Å²) in [6.07, 6.45) is -3.84. The minimum atomic E-state index is -4.26. The normalized spacial score (nSPS) is 13.8. The quantitative estimate of drug-likeness (QED) is 0.781. The molecule has 104 valence electrons. The van der Waals surface area contributed by atoms with Crippen molar-refractivity contribution in [2.45, 2.75) is 32.5 Å². The molecular formula is C11H17F3N2OS. The first-order valence-electron chi connectivity index (χ1n) is 5.74. The molecule has 0 spiro atoms. The van der Waals surface area contributed by atoms with E-state index in [0.717, 1.165) is 17.2 Å². The van der Waals surface area contributed by atoms with E-state index in [-0.39, 0.29) is 12.6 Å². The third-order valence-corrected chi connectivity index (χ3v) is 3.18. The molecular weight excluding hydrogens is 265 g/mol. The Morgan fingerprint density at radius 2 is 2.22 bits per heavy atom. The average Bonchev–Trinajstić information content (AvgIpc) is 2.72. The molecule has 0 fully saturated rings. The molecule has 0 saturated carbocycles. The third-order valence-electron chi connectivity index (χ3n) is 2.25. The van der Waals surface area contributed by atoms with Crippen LogP contribution in [0.4, 0.5) is 13.2 Å². The van der Waals surface area contributed by atoms with E-state index in [2.05, 4.69) is 15.0 Å². The lowest BCUT2D eigenvalue weighted by Crippen LogP contribution is -2.18. The molecule has 0 amide bonds. The Morgan fingerprint density at radius 3 is 2.83 bits per heavy atom. The molecule has 3 nitrogen and oxygen atoms in total. The highest BCUT2D eigenvalue weighted by Gasteiger charge is 2.27. The van der Waals surface area contributed by atoms with Crippen molar-refractivity contribution >= 4 is 11.3 Å². The van der Waals surface area contributed by atoms with E-state index in [1.165, 1.54) is 11.3 Å². The molecule has 1 aromatic rings. The summed E-state index contributed by atoms with van der Waals surface area (Å²) in [5, 5.41) is 5.95. The molecule has 0 aliphatic rings. The maximum Gasteiger partial charge on any atom is 0.411 e. The molecule has 1 unspecified atom stereocenters. The Kier molecular flexibility index (Phi) is 6.04. The van der Waals surface area contributed by atoms with E-state index in [0.29, 0.717) is 6.42 Å². The van der Waals surface area contributed by atoms with Crippen LogP contribution in [-0.2, 0) is 11.2 Å². The predicted octanol–water partition coefficient (Wildman–Crippen LogP) is 2.94. The van der Waals surface area contributed by atoms with E-state index < -0.39 is 12.8 Å². The van der Waals surface area contributed by atoms with Gasteiger partial charge in [0.2, 0.25) is 0 Å². The lowest BCUT2D eigenvalue weighted by Gasteiger charge is -2.08. The van der Waals surface area contributed by atoms with Crippen LogP contribution in [0.25, 0.3) is 0 Å². The van der Waals surface area contributed by atoms with Crippen LogP contribution in [0.3, 0.4) is 0 Å². The summed E-state index contributed by atoms with van der Waals surface area (Å²) in [7, 11) is 0. The summed E-state index contributed by atoms with van der Waals surface area (Å²) in [4.78, 5) is 4.36. The van der Waals surface area contributed by atoms with Crippen LogP contribution in [0, 0.1) is 0 Å². The van der Waals surface area contributed by atoms with Crippen LogP contribution in [0.2, 0.25) is 0 Å². The zero-order chi connectivity index (χ0) is 13.6. The van der Waals surface area contributed by atoms with Gasteiger partial charge in [-0.05, 0) is 13.5 Å². The minimum Gasteiger partial charge on any atom is -0.372 e. The van der Waals surface area contributed by atoms with Gasteiger partial charge in [-0.2, -0.15) is 13.2 Å². The third kappa shape index (κ3) is 5.79. The second-order valence-electron chi connectivity index (χ2n) is 3.86. The topological polar surface area (TPSA) is 34.1 Å². The van der Waals surface area contributed by atoms with Crippen LogP contribution in [0.15, 0.2) is 5.38 Å². The maximum absolute atomic E-state index is 11.8. The van der Waals surface area contributed by atoms with E-state index in [1.54, 1.807) is 0 Å². The second-order valence-corrected chi connectivity index (χ2v) is 4.81. The highest BCUT2D eigenvalue weighted by atomic mass is 32.1. The molecule has 7 heteroatoms. The van der Waals surface area contributed by atoms with Crippen LogP contribution in [-0.4, -0.2) is 30.9 Å². The van der Waals surface area contributed by atoms with Crippen LogP contribution in [0.1, 0.15) is 30.6 Å². The Morgan fingerprint density at radius 1 is 1.50 bits per heavy atom. The highest BCUT2D eigenvalue weighted by molar-refractivity contribution is 7.09. The first kappa shape index (κ1) is 15.4. The number of thiazole rings is 1. The van der Waals surface area contributed by atoms with E-state index in [9.17, 15) is 13.2 Å². The molecule has 1 rings (SSSR count). The summed E-state index contributed by atoms with van der Waals surface area (Å²) >= 11 is 1.45. The van der Waals surface area contributed by atoms with Crippen molar-refractivity contribution in [1.29, 1.82) is 0 Å². The molecule has 0 bridgehead atoms. The van der Waals surface area contributed by atoms with Crippen LogP contribution in [0.5, 0.6) is 0 Å². The Bertz CT molecular complexity index is 354. The van der Waals surface area contributed by atoms with Gasteiger partial charge in [0.15, 0.2) is 0 Å². The van der Waals surface area contributed by atoms with Crippen molar-refractivity contribution in [3.63, 3.8) is 0 Å². The Balaban J connectivity index is 2.31. The van der Waals surface area contributed by atoms with Gasteiger partial charge in [0, 0.05) is 17.8 Å². The van der Waals surface area contributed by atoms with Gasteiger partial charge in [-0.15, -0.1) is 11.3 Å². The number of alkyl halides is 3. The summed E-state index contributed by atoms with van der Waals surface area (Å²) < 4.78 is 40.0. The number of ether oxygens (including phenoxy) is 1.